The molecule has 6 nitrogen and oxygen atoms in total. The van der Waals surface area contributed by atoms with E-state index in [1.54, 1.807) is 0 Å². The first-order valence-electron chi connectivity index (χ1n) is 6.22. The van der Waals surface area contributed by atoms with Gasteiger partial charge in [0.2, 0.25) is 0 Å². The van der Waals surface area contributed by atoms with E-state index in [2.05, 4.69) is 5.32 Å². The molecule has 3 atom stereocenters. The maximum absolute atomic E-state index is 12.0. The van der Waals surface area contributed by atoms with E-state index in [1.807, 2.05) is 23.5 Å². The van der Waals surface area contributed by atoms with Crippen molar-refractivity contribution in [1.82, 2.24) is 10.2 Å². The Kier molecular flexibility index (Phi) is 5.23. The second-order valence-electron chi connectivity index (χ2n) is 4.65. The lowest BCUT2D eigenvalue weighted by Gasteiger charge is -2.25. The van der Waals surface area contributed by atoms with Crippen molar-refractivity contribution in [2.24, 2.45) is 0 Å². The third kappa shape index (κ3) is 3.93. The van der Waals surface area contributed by atoms with Crippen LogP contribution in [0.3, 0.4) is 0 Å². The number of hydrogen-bond acceptors (Lipinski definition) is 5. The van der Waals surface area contributed by atoms with Crippen LogP contribution in [0.15, 0.2) is 0 Å². The van der Waals surface area contributed by atoms with Crippen molar-refractivity contribution in [3.8, 4) is 0 Å². The molecule has 0 aliphatic carbocycles. The number of hydrogen-bond donors (Lipinski definition) is 3. The topological polar surface area (TPSA) is 89.9 Å². The molecule has 0 radical (unpaired) electrons. The van der Waals surface area contributed by atoms with E-state index in [0.29, 0.717) is 11.8 Å². The highest BCUT2D eigenvalue weighted by Crippen LogP contribution is 2.23. The van der Waals surface area contributed by atoms with Crippen LogP contribution >= 0.6 is 23.5 Å². The number of thioether (sulfide) groups is 2. The van der Waals surface area contributed by atoms with Crippen molar-refractivity contribution >= 4 is 35.5 Å². The quantitative estimate of drug-likeness (QED) is 0.683. The number of urea groups is 1. The smallest absolute Gasteiger partial charge is 0.326 e. The predicted octanol–water partition coefficient (Wildman–Crippen LogP) is 0.0644. The summed E-state index contributed by atoms with van der Waals surface area (Å²) in [6, 6.07) is -1.30. The number of aliphatic carboxylic acids is 1. The summed E-state index contributed by atoms with van der Waals surface area (Å²) < 4.78 is 0. The highest BCUT2D eigenvalue weighted by atomic mass is 32.2. The van der Waals surface area contributed by atoms with Crippen LogP contribution in [0.25, 0.3) is 0 Å². The van der Waals surface area contributed by atoms with Gasteiger partial charge in [0, 0.05) is 42.0 Å². The number of nitrogens with one attached hydrogen (secondary N) is 1. The second-order valence-corrected chi connectivity index (χ2v) is 7.21. The zero-order valence-corrected chi connectivity index (χ0v) is 12.1. The van der Waals surface area contributed by atoms with Gasteiger partial charge < -0.3 is 20.4 Å². The minimum atomic E-state index is -1.06. The van der Waals surface area contributed by atoms with Crippen molar-refractivity contribution in [2.45, 2.75) is 23.8 Å². The van der Waals surface area contributed by atoms with Gasteiger partial charge in [0.05, 0.1) is 6.10 Å². The standard InChI is InChI=1S/C11H18N2O4S2/c14-7-3-9(10(15)16)13(5-7)11(17)12-4-8-6-18-1-2-19-8/h7-9,14H,1-6H2,(H,12,17)(H,15,16)/t7-,8?,9-/m1/s1. The Morgan fingerprint density at radius 1 is 1.37 bits per heavy atom. The number of carbonyl (C=O) groups excluding carboxylic acids is 1. The van der Waals surface area contributed by atoms with Gasteiger partial charge in [-0.15, -0.1) is 0 Å². The molecule has 2 saturated heterocycles. The fourth-order valence-corrected chi connectivity index (χ4v) is 4.84. The first-order chi connectivity index (χ1) is 9.08. The Morgan fingerprint density at radius 3 is 2.79 bits per heavy atom. The van der Waals surface area contributed by atoms with Gasteiger partial charge in [-0.3, -0.25) is 0 Å². The molecule has 0 aromatic carbocycles. The number of amides is 2. The van der Waals surface area contributed by atoms with Gasteiger partial charge in [-0.25, -0.2) is 9.59 Å². The van der Waals surface area contributed by atoms with Gasteiger partial charge in [0.15, 0.2) is 0 Å². The summed E-state index contributed by atoms with van der Waals surface area (Å²) in [6.45, 7) is 0.644. The summed E-state index contributed by atoms with van der Waals surface area (Å²) in [5.41, 5.74) is 0. The zero-order valence-electron chi connectivity index (χ0n) is 10.4. The van der Waals surface area contributed by atoms with Gasteiger partial charge in [0.1, 0.15) is 6.04 Å². The van der Waals surface area contributed by atoms with Crippen molar-refractivity contribution in [3.05, 3.63) is 0 Å². The molecule has 2 amide bonds. The Bertz CT molecular complexity index is 350. The van der Waals surface area contributed by atoms with E-state index in [0.717, 1.165) is 17.3 Å². The van der Waals surface area contributed by atoms with Crippen molar-refractivity contribution in [2.75, 3.05) is 30.3 Å². The normalized spacial score (nSPS) is 31.2. The third-order valence-corrected chi connectivity index (χ3v) is 6.04. The van der Waals surface area contributed by atoms with Crippen molar-refractivity contribution < 1.29 is 19.8 Å². The Hall–Kier alpha value is -0.600. The number of aliphatic hydroxyl groups is 1. The Morgan fingerprint density at radius 2 is 2.16 bits per heavy atom. The molecule has 2 heterocycles. The van der Waals surface area contributed by atoms with Crippen molar-refractivity contribution in [3.63, 3.8) is 0 Å². The maximum Gasteiger partial charge on any atom is 0.326 e. The molecule has 2 fully saturated rings. The number of carbonyl (C=O) groups is 2. The fourth-order valence-electron chi connectivity index (χ4n) is 2.23. The van der Waals surface area contributed by atoms with Gasteiger partial charge in [0.25, 0.3) is 0 Å². The molecule has 108 valence electrons. The van der Waals surface area contributed by atoms with Crippen molar-refractivity contribution in [1.29, 1.82) is 0 Å². The minimum Gasteiger partial charge on any atom is -0.480 e. The molecule has 8 heteroatoms. The van der Waals surface area contributed by atoms with Gasteiger partial charge >= 0.3 is 12.0 Å². The molecular formula is C11H18N2O4S2. The molecule has 2 rings (SSSR count). The molecule has 2 aliphatic heterocycles. The van der Waals surface area contributed by atoms with E-state index in [9.17, 15) is 14.7 Å². The molecule has 2 aliphatic rings. The molecule has 0 saturated carbocycles. The van der Waals surface area contributed by atoms with Gasteiger partial charge in [-0.05, 0) is 0 Å². The first-order valence-corrected chi connectivity index (χ1v) is 8.43. The number of rotatable bonds is 3. The zero-order chi connectivity index (χ0) is 13.8. The lowest BCUT2D eigenvalue weighted by atomic mass is 10.2. The average Bonchev–Trinajstić information content (AvgIpc) is 2.79. The highest BCUT2D eigenvalue weighted by Gasteiger charge is 2.39. The summed E-state index contributed by atoms with van der Waals surface area (Å²) in [4.78, 5) is 24.2. The number of carboxylic acid groups (broad SMARTS) is 1. The number of likely N-dealkylation sites (tertiary alicyclic amines) is 1. The van der Waals surface area contributed by atoms with E-state index in [4.69, 9.17) is 5.11 Å². The summed E-state index contributed by atoms with van der Waals surface area (Å²) in [6.07, 6.45) is -0.636. The van der Waals surface area contributed by atoms with Crippen LogP contribution in [0.1, 0.15) is 6.42 Å². The van der Waals surface area contributed by atoms with Gasteiger partial charge in [-0.1, -0.05) is 0 Å². The van der Waals surface area contributed by atoms with Crippen LogP contribution in [0.4, 0.5) is 4.79 Å². The largest absolute Gasteiger partial charge is 0.480 e. The summed E-state index contributed by atoms with van der Waals surface area (Å²) in [5.74, 6) is 2.19. The van der Waals surface area contributed by atoms with Crippen LogP contribution in [-0.2, 0) is 4.79 Å². The molecule has 0 bridgehead atoms. The van der Waals surface area contributed by atoms with Crippen LogP contribution in [0, 0.1) is 0 Å². The molecule has 0 aromatic heterocycles. The lowest BCUT2D eigenvalue weighted by Crippen LogP contribution is -2.48. The molecule has 0 aromatic rings. The minimum absolute atomic E-state index is 0.0926. The van der Waals surface area contributed by atoms with Gasteiger partial charge in [-0.2, -0.15) is 23.5 Å². The fraction of sp³-hybridized carbons (Fsp3) is 0.818. The summed E-state index contributed by atoms with van der Waals surface area (Å²) in [5, 5.41) is 21.7. The third-order valence-electron chi connectivity index (χ3n) is 3.19. The molecule has 19 heavy (non-hydrogen) atoms. The first kappa shape index (κ1) is 14.8. The Balaban J connectivity index is 1.82. The molecule has 0 spiro atoms. The second kappa shape index (κ2) is 6.71. The highest BCUT2D eigenvalue weighted by molar-refractivity contribution is 8.06. The van der Waals surface area contributed by atoms with Crippen LogP contribution in [0.2, 0.25) is 0 Å². The lowest BCUT2D eigenvalue weighted by molar-refractivity contribution is -0.141. The summed E-state index contributed by atoms with van der Waals surface area (Å²) >= 11 is 3.71. The van der Waals surface area contributed by atoms with Crippen LogP contribution in [-0.4, -0.2) is 74.9 Å². The van der Waals surface area contributed by atoms with E-state index >= 15 is 0 Å². The molecular weight excluding hydrogens is 288 g/mol. The Labute approximate surface area is 120 Å². The van der Waals surface area contributed by atoms with E-state index < -0.39 is 18.1 Å². The molecule has 1 unspecified atom stereocenters. The maximum atomic E-state index is 12.0. The van der Waals surface area contributed by atoms with E-state index in [1.165, 1.54) is 4.90 Å². The van der Waals surface area contributed by atoms with E-state index in [-0.39, 0.29) is 19.0 Å². The average molecular weight is 306 g/mol. The summed E-state index contributed by atoms with van der Waals surface area (Å²) in [7, 11) is 0. The SMILES string of the molecule is O=C(O)[C@H]1C[C@@H](O)CN1C(=O)NCC1CSCCS1. The number of nitrogens with zero attached hydrogens (tertiary/aromatic N) is 1. The number of aliphatic hydroxyl groups excluding tert-OH is 1. The monoisotopic (exact) mass is 306 g/mol. The molecule has 3 N–H and O–H groups in total. The number of β-amino-alcohol motifs (C(OH)–C–C–N with tert-alkyl or cyclic N) is 1. The van der Waals surface area contributed by atoms with Crippen LogP contribution < -0.4 is 5.32 Å². The predicted molar refractivity (Wildman–Crippen MR) is 75.7 cm³/mol. The van der Waals surface area contributed by atoms with Crippen LogP contribution in [0.5, 0.6) is 0 Å². The number of carboxylic acids is 1.